The maximum atomic E-state index is 11.4. The van der Waals surface area contributed by atoms with E-state index in [1.807, 2.05) is 6.92 Å². The monoisotopic (exact) mass is 259 g/mol. The zero-order valence-electron chi connectivity index (χ0n) is 10.2. The molecule has 1 heterocycles. The summed E-state index contributed by atoms with van der Waals surface area (Å²) in [5.41, 5.74) is -0.208. The second kappa shape index (κ2) is 6.48. The number of hydrogen-bond donors (Lipinski definition) is 1. The van der Waals surface area contributed by atoms with Crippen LogP contribution in [0.3, 0.4) is 0 Å². The Morgan fingerprint density at radius 1 is 1.65 bits per heavy atom. The van der Waals surface area contributed by atoms with Crippen LogP contribution in [0, 0.1) is 5.92 Å². The molecule has 0 fully saturated rings. The van der Waals surface area contributed by atoms with Gasteiger partial charge in [0.25, 0.3) is 0 Å². The summed E-state index contributed by atoms with van der Waals surface area (Å²) < 4.78 is 6.21. The molecule has 1 unspecified atom stereocenters. The van der Waals surface area contributed by atoms with Crippen molar-refractivity contribution < 1.29 is 9.53 Å². The van der Waals surface area contributed by atoms with E-state index in [9.17, 15) is 9.59 Å². The Hall–Kier alpha value is -1.24. The first-order chi connectivity index (χ1) is 8.10. The van der Waals surface area contributed by atoms with Crippen LogP contribution in [0.4, 0.5) is 0 Å². The van der Waals surface area contributed by atoms with Gasteiger partial charge in [0.05, 0.1) is 13.0 Å². The van der Waals surface area contributed by atoms with Gasteiger partial charge < -0.3 is 4.74 Å². The van der Waals surface area contributed by atoms with Gasteiger partial charge in [0, 0.05) is 12.3 Å². The van der Waals surface area contributed by atoms with Crippen LogP contribution in [0.25, 0.3) is 0 Å². The minimum Gasteiger partial charge on any atom is -0.469 e. The van der Waals surface area contributed by atoms with Crippen molar-refractivity contribution in [3.05, 3.63) is 10.5 Å². The molecule has 0 aliphatic heterocycles. The number of H-pyrrole nitrogens is 1. The Kier molecular flexibility index (Phi) is 5.27. The molecule has 1 aromatic rings. The molecule has 0 aliphatic rings. The molecule has 1 rings (SSSR count). The van der Waals surface area contributed by atoms with Gasteiger partial charge in [0.2, 0.25) is 0 Å². The number of carbonyl (C=O) groups excluding carboxylic acids is 1. The maximum Gasteiger partial charge on any atom is 0.343 e. The van der Waals surface area contributed by atoms with Crippen molar-refractivity contribution in [3.63, 3.8) is 0 Å². The molecule has 0 aromatic carbocycles. The zero-order chi connectivity index (χ0) is 12.8. The number of aromatic amines is 1. The van der Waals surface area contributed by atoms with E-state index in [1.54, 1.807) is 11.5 Å². The fourth-order valence-electron chi connectivity index (χ4n) is 1.30. The molecule has 1 N–H and O–H groups in total. The lowest BCUT2D eigenvalue weighted by molar-refractivity contribution is -0.143. The molecule has 0 spiro atoms. The average molecular weight is 259 g/mol. The fraction of sp³-hybridized carbons (Fsp3) is 0.700. The standard InChI is InChI=1S/C10H17N3O3S/c1-4-5-13-9(15)11-12-10(13)17-6-7(2)8(14)16-3/h7H,4-6H2,1-3H3,(H,11,15). The van der Waals surface area contributed by atoms with Crippen LogP contribution < -0.4 is 5.69 Å². The summed E-state index contributed by atoms with van der Waals surface area (Å²) in [4.78, 5) is 22.6. The number of aromatic nitrogens is 3. The van der Waals surface area contributed by atoms with Crippen LogP contribution in [-0.2, 0) is 16.1 Å². The van der Waals surface area contributed by atoms with Gasteiger partial charge in [0.1, 0.15) is 0 Å². The summed E-state index contributed by atoms with van der Waals surface area (Å²) in [7, 11) is 1.37. The van der Waals surface area contributed by atoms with Gasteiger partial charge >= 0.3 is 11.7 Å². The number of hydrogen-bond acceptors (Lipinski definition) is 5. The fourth-order valence-corrected chi connectivity index (χ4v) is 2.28. The minimum absolute atomic E-state index is 0.208. The summed E-state index contributed by atoms with van der Waals surface area (Å²) >= 11 is 1.38. The van der Waals surface area contributed by atoms with Crippen LogP contribution in [0.15, 0.2) is 9.95 Å². The number of nitrogens with zero attached hydrogens (tertiary/aromatic N) is 2. The molecule has 7 heteroatoms. The van der Waals surface area contributed by atoms with Gasteiger partial charge in [-0.1, -0.05) is 25.6 Å². The number of rotatable bonds is 6. The van der Waals surface area contributed by atoms with Gasteiger partial charge in [-0.3, -0.25) is 9.36 Å². The lowest BCUT2D eigenvalue weighted by Gasteiger charge is -2.08. The second-order valence-electron chi connectivity index (χ2n) is 3.70. The number of thioether (sulfide) groups is 1. The minimum atomic E-state index is -0.252. The van der Waals surface area contributed by atoms with Gasteiger partial charge in [-0.2, -0.15) is 0 Å². The van der Waals surface area contributed by atoms with Crippen LogP contribution in [0.1, 0.15) is 20.3 Å². The first-order valence-electron chi connectivity index (χ1n) is 5.46. The highest BCUT2D eigenvalue weighted by atomic mass is 32.2. The highest BCUT2D eigenvalue weighted by Gasteiger charge is 2.16. The molecule has 6 nitrogen and oxygen atoms in total. The van der Waals surface area contributed by atoms with Gasteiger partial charge in [-0.25, -0.2) is 9.89 Å². The van der Waals surface area contributed by atoms with E-state index >= 15 is 0 Å². The third kappa shape index (κ3) is 3.62. The van der Waals surface area contributed by atoms with E-state index in [0.29, 0.717) is 17.5 Å². The van der Waals surface area contributed by atoms with Crippen molar-refractivity contribution in [2.75, 3.05) is 12.9 Å². The summed E-state index contributed by atoms with van der Waals surface area (Å²) in [5, 5.41) is 6.96. The Balaban J connectivity index is 2.63. The summed E-state index contributed by atoms with van der Waals surface area (Å²) in [6, 6.07) is 0. The topological polar surface area (TPSA) is 77.0 Å². The summed E-state index contributed by atoms with van der Waals surface area (Å²) in [6.45, 7) is 4.41. The number of methoxy groups -OCH3 is 1. The molecule has 0 saturated carbocycles. The first-order valence-corrected chi connectivity index (χ1v) is 6.44. The highest BCUT2D eigenvalue weighted by molar-refractivity contribution is 7.99. The van der Waals surface area contributed by atoms with Gasteiger partial charge in [0.15, 0.2) is 5.16 Å². The van der Waals surface area contributed by atoms with E-state index in [0.717, 1.165) is 6.42 Å². The smallest absolute Gasteiger partial charge is 0.343 e. The molecule has 1 aromatic heterocycles. The van der Waals surface area contributed by atoms with Crippen molar-refractivity contribution in [2.45, 2.75) is 32.0 Å². The highest BCUT2D eigenvalue weighted by Crippen LogP contribution is 2.17. The quantitative estimate of drug-likeness (QED) is 0.606. The van der Waals surface area contributed by atoms with E-state index < -0.39 is 0 Å². The third-order valence-electron chi connectivity index (χ3n) is 2.24. The molecule has 0 saturated heterocycles. The van der Waals surface area contributed by atoms with Crippen LogP contribution in [-0.4, -0.2) is 33.6 Å². The van der Waals surface area contributed by atoms with Crippen molar-refractivity contribution >= 4 is 17.7 Å². The number of ether oxygens (including phenoxy) is 1. The number of esters is 1. The van der Waals surface area contributed by atoms with Crippen molar-refractivity contribution in [1.82, 2.24) is 14.8 Å². The number of nitrogens with one attached hydrogen (secondary N) is 1. The lowest BCUT2D eigenvalue weighted by Crippen LogP contribution is -2.18. The molecule has 0 radical (unpaired) electrons. The Morgan fingerprint density at radius 2 is 2.35 bits per heavy atom. The Labute approximate surface area is 104 Å². The normalized spacial score (nSPS) is 12.4. The summed E-state index contributed by atoms with van der Waals surface area (Å²) in [5.74, 6) is 0.0741. The van der Waals surface area contributed by atoms with Crippen LogP contribution in [0.2, 0.25) is 0 Å². The van der Waals surface area contributed by atoms with Crippen molar-refractivity contribution in [2.24, 2.45) is 5.92 Å². The molecule has 0 bridgehead atoms. The molecular formula is C10H17N3O3S. The van der Waals surface area contributed by atoms with Crippen molar-refractivity contribution in [3.8, 4) is 0 Å². The summed E-state index contributed by atoms with van der Waals surface area (Å²) in [6.07, 6.45) is 0.861. The first kappa shape index (κ1) is 13.8. The van der Waals surface area contributed by atoms with Crippen LogP contribution in [0.5, 0.6) is 0 Å². The van der Waals surface area contributed by atoms with E-state index in [-0.39, 0.29) is 17.6 Å². The zero-order valence-corrected chi connectivity index (χ0v) is 11.0. The van der Waals surface area contributed by atoms with E-state index in [4.69, 9.17) is 0 Å². The Bertz CT molecular complexity index is 427. The molecule has 0 aliphatic carbocycles. The SMILES string of the molecule is CCCn1c(SCC(C)C(=O)OC)n[nH]c1=O. The van der Waals surface area contributed by atoms with Gasteiger partial charge in [-0.15, -0.1) is 5.10 Å². The van der Waals surface area contributed by atoms with Crippen LogP contribution >= 0.6 is 11.8 Å². The molecule has 96 valence electrons. The predicted octanol–water partition coefficient (Wildman–Crippen LogP) is 0.883. The average Bonchev–Trinajstić information content (AvgIpc) is 2.67. The number of carbonyl (C=O) groups is 1. The largest absolute Gasteiger partial charge is 0.469 e. The van der Waals surface area contributed by atoms with E-state index in [1.165, 1.54) is 18.9 Å². The van der Waals surface area contributed by atoms with Crippen molar-refractivity contribution in [1.29, 1.82) is 0 Å². The maximum absolute atomic E-state index is 11.4. The molecule has 17 heavy (non-hydrogen) atoms. The molecule has 1 atom stereocenters. The third-order valence-corrected chi connectivity index (χ3v) is 3.47. The molecular weight excluding hydrogens is 242 g/mol. The second-order valence-corrected chi connectivity index (χ2v) is 4.69. The van der Waals surface area contributed by atoms with E-state index in [2.05, 4.69) is 14.9 Å². The lowest BCUT2D eigenvalue weighted by atomic mass is 10.2. The molecule has 0 amide bonds. The Morgan fingerprint density at radius 3 is 2.94 bits per heavy atom. The predicted molar refractivity (Wildman–Crippen MR) is 65.0 cm³/mol. The van der Waals surface area contributed by atoms with Gasteiger partial charge in [-0.05, 0) is 6.42 Å².